The highest BCUT2D eigenvalue weighted by atomic mass is 16.8. The summed E-state index contributed by atoms with van der Waals surface area (Å²) < 4.78 is 28.9. The summed E-state index contributed by atoms with van der Waals surface area (Å²) >= 11 is 0. The molecule has 4 rings (SSSR count). The van der Waals surface area contributed by atoms with Crippen molar-refractivity contribution < 1.29 is 28.5 Å². The molecule has 0 spiro atoms. The van der Waals surface area contributed by atoms with Crippen molar-refractivity contribution >= 4 is 5.97 Å². The van der Waals surface area contributed by atoms with E-state index in [9.17, 15) is 4.79 Å². The van der Waals surface area contributed by atoms with Crippen LogP contribution in [0.25, 0.3) is 0 Å². The molecular formula is C21H22O6. The number of rotatable bonds is 4. The van der Waals surface area contributed by atoms with Gasteiger partial charge < -0.3 is 23.7 Å². The Balaban J connectivity index is 1.45. The van der Waals surface area contributed by atoms with Crippen molar-refractivity contribution in [3.05, 3.63) is 71.8 Å². The number of fused-ring (bicyclic) bond motifs is 1. The van der Waals surface area contributed by atoms with Gasteiger partial charge in [0.15, 0.2) is 18.7 Å². The Morgan fingerprint density at radius 2 is 1.67 bits per heavy atom. The smallest absolute Gasteiger partial charge is 0.338 e. The van der Waals surface area contributed by atoms with E-state index in [0.29, 0.717) is 18.6 Å². The highest BCUT2D eigenvalue weighted by Gasteiger charge is 2.45. The topological polar surface area (TPSA) is 63.2 Å². The third-order valence-electron chi connectivity index (χ3n) is 4.77. The van der Waals surface area contributed by atoms with Gasteiger partial charge in [-0.05, 0) is 12.1 Å². The lowest BCUT2D eigenvalue weighted by molar-refractivity contribution is -0.332. The first kappa shape index (κ1) is 18.1. The summed E-state index contributed by atoms with van der Waals surface area (Å²) in [5, 5.41) is 0. The molecule has 0 saturated carbocycles. The van der Waals surface area contributed by atoms with Crippen LogP contribution in [-0.2, 0) is 23.7 Å². The number of esters is 1. The van der Waals surface area contributed by atoms with Crippen LogP contribution in [0.1, 0.15) is 28.6 Å². The fraction of sp³-hybridized carbons (Fsp3) is 0.381. The minimum absolute atomic E-state index is 0.246. The van der Waals surface area contributed by atoms with Crippen molar-refractivity contribution in [1.82, 2.24) is 0 Å². The molecule has 2 heterocycles. The molecule has 0 unspecified atom stereocenters. The zero-order valence-corrected chi connectivity index (χ0v) is 15.0. The van der Waals surface area contributed by atoms with Crippen LogP contribution in [0, 0.1) is 0 Å². The molecule has 0 radical (unpaired) electrons. The van der Waals surface area contributed by atoms with Gasteiger partial charge in [0.05, 0.1) is 18.3 Å². The van der Waals surface area contributed by atoms with Crippen molar-refractivity contribution in [2.45, 2.75) is 37.3 Å². The van der Waals surface area contributed by atoms with Gasteiger partial charge >= 0.3 is 5.97 Å². The first-order valence-electron chi connectivity index (χ1n) is 9.01. The minimum Gasteiger partial charge on any atom is -0.453 e. The highest BCUT2D eigenvalue weighted by molar-refractivity contribution is 5.89. The maximum atomic E-state index is 12.4. The number of carbonyl (C=O) groups is 1. The van der Waals surface area contributed by atoms with Crippen molar-refractivity contribution in [1.29, 1.82) is 0 Å². The molecule has 0 N–H and O–H groups in total. The van der Waals surface area contributed by atoms with Crippen LogP contribution in [0.2, 0.25) is 0 Å². The van der Waals surface area contributed by atoms with E-state index in [1.807, 2.05) is 36.4 Å². The Kier molecular flexibility index (Phi) is 5.50. The van der Waals surface area contributed by atoms with Crippen LogP contribution in [0.5, 0.6) is 0 Å². The number of ether oxygens (including phenoxy) is 5. The average Bonchev–Trinajstić information content (AvgIpc) is 2.74. The standard InChI is InChI=1S/C21H22O6/c1-23-21-17(25-19(22)14-8-4-2-5-9-14)12-16-18(27-21)13-24-20(26-16)15-10-6-3-7-11-15/h2-11,16-18,20-21H,12-13H2,1H3/t16-,17+,18+,20+,21-/m0/s1. The van der Waals surface area contributed by atoms with Crippen molar-refractivity contribution in [3.63, 3.8) is 0 Å². The number of benzene rings is 2. The second-order valence-electron chi connectivity index (χ2n) is 6.57. The first-order valence-corrected chi connectivity index (χ1v) is 9.01. The maximum absolute atomic E-state index is 12.4. The van der Waals surface area contributed by atoms with E-state index in [2.05, 4.69) is 0 Å². The summed E-state index contributed by atoms with van der Waals surface area (Å²) in [4.78, 5) is 12.4. The van der Waals surface area contributed by atoms with Gasteiger partial charge in [-0.15, -0.1) is 0 Å². The molecule has 0 amide bonds. The van der Waals surface area contributed by atoms with Crippen molar-refractivity contribution in [3.8, 4) is 0 Å². The minimum atomic E-state index is -0.653. The van der Waals surface area contributed by atoms with Crippen molar-refractivity contribution in [2.75, 3.05) is 13.7 Å². The number of hydrogen-bond acceptors (Lipinski definition) is 6. The third kappa shape index (κ3) is 4.04. The van der Waals surface area contributed by atoms with Gasteiger partial charge in [-0.1, -0.05) is 48.5 Å². The monoisotopic (exact) mass is 370 g/mol. The van der Waals surface area contributed by atoms with E-state index in [1.165, 1.54) is 7.11 Å². The lowest BCUT2D eigenvalue weighted by Gasteiger charge is -2.44. The summed E-state index contributed by atoms with van der Waals surface area (Å²) in [7, 11) is 1.53. The van der Waals surface area contributed by atoms with Crippen LogP contribution in [0.4, 0.5) is 0 Å². The third-order valence-corrected chi connectivity index (χ3v) is 4.77. The molecule has 0 aromatic heterocycles. The summed E-state index contributed by atoms with van der Waals surface area (Å²) in [5.41, 5.74) is 1.44. The van der Waals surface area contributed by atoms with E-state index in [0.717, 1.165) is 5.56 Å². The summed E-state index contributed by atoms with van der Waals surface area (Å²) in [6, 6.07) is 18.6. The molecule has 6 nitrogen and oxygen atoms in total. The lowest BCUT2D eigenvalue weighted by Crippen LogP contribution is -2.54. The van der Waals surface area contributed by atoms with E-state index in [4.69, 9.17) is 23.7 Å². The molecule has 27 heavy (non-hydrogen) atoms. The van der Waals surface area contributed by atoms with E-state index in [-0.39, 0.29) is 12.2 Å². The summed E-state index contributed by atoms with van der Waals surface area (Å²) in [5.74, 6) is -0.406. The van der Waals surface area contributed by atoms with Gasteiger partial charge in [0.2, 0.25) is 0 Å². The second kappa shape index (κ2) is 8.19. The molecule has 2 aliphatic heterocycles. The van der Waals surface area contributed by atoms with Crippen LogP contribution < -0.4 is 0 Å². The zero-order chi connectivity index (χ0) is 18.6. The molecule has 2 aliphatic rings. The number of carbonyl (C=O) groups excluding carboxylic acids is 1. The molecule has 0 bridgehead atoms. The molecule has 2 saturated heterocycles. The van der Waals surface area contributed by atoms with Gasteiger partial charge in [-0.2, -0.15) is 0 Å². The SMILES string of the molecule is CO[C@H]1O[C@@H]2CO[C@@H](c3ccccc3)O[C@H]2C[C@H]1OC(=O)c1ccccc1. The normalized spacial score (nSPS) is 30.3. The predicted octanol–water partition coefficient (Wildman–Crippen LogP) is 3.09. The Labute approximate surface area is 157 Å². The Morgan fingerprint density at radius 1 is 0.963 bits per heavy atom. The van der Waals surface area contributed by atoms with Crippen LogP contribution in [0.3, 0.4) is 0 Å². The fourth-order valence-electron chi connectivity index (χ4n) is 3.39. The van der Waals surface area contributed by atoms with Gasteiger partial charge in [-0.25, -0.2) is 4.79 Å². The first-order chi connectivity index (χ1) is 13.2. The molecule has 5 atom stereocenters. The average molecular weight is 370 g/mol. The molecule has 2 fully saturated rings. The zero-order valence-electron chi connectivity index (χ0n) is 15.0. The fourth-order valence-corrected chi connectivity index (χ4v) is 3.39. The molecular weight excluding hydrogens is 348 g/mol. The van der Waals surface area contributed by atoms with Crippen LogP contribution in [0.15, 0.2) is 60.7 Å². The predicted molar refractivity (Wildman–Crippen MR) is 95.9 cm³/mol. The van der Waals surface area contributed by atoms with Crippen LogP contribution in [-0.4, -0.2) is 44.3 Å². The molecule has 6 heteroatoms. The maximum Gasteiger partial charge on any atom is 0.338 e. The highest BCUT2D eigenvalue weighted by Crippen LogP contribution is 2.35. The van der Waals surface area contributed by atoms with E-state index < -0.39 is 24.7 Å². The van der Waals surface area contributed by atoms with E-state index >= 15 is 0 Å². The van der Waals surface area contributed by atoms with E-state index in [1.54, 1.807) is 24.3 Å². The van der Waals surface area contributed by atoms with Crippen molar-refractivity contribution in [2.24, 2.45) is 0 Å². The van der Waals surface area contributed by atoms with Gasteiger partial charge in [0.1, 0.15) is 6.10 Å². The molecule has 142 valence electrons. The molecule has 0 aliphatic carbocycles. The Bertz CT molecular complexity index is 750. The number of methoxy groups -OCH3 is 1. The quantitative estimate of drug-likeness (QED) is 0.771. The summed E-state index contributed by atoms with van der Waals surface area (Å²) in [6.07, 6.45) is -1.70. The lowest BCUT2D eigenvalue weighted by atomic mass is 10.0. The molecule has 2 aromatic carbocycles. The Hall–Kier alpha value is -2.25. The van der Waals surface area contributed by atoms with Gasteiger partial charge in [-0.3, -0.25) is 0 Å². The van der Waals surface area contributed by atoms with Gasteiger partial charge in [0, 0.05) is 19.1 Å². The number of hydrogen-bond donors (Lipinski definition) is 0. The summed E-state index contributed by atoms with van der Waals surface area (Å²) in [6.45, 7) is 0.392. The second-order valence-corrected chi connectivity index (χ2v) is 6.57. The Morgan fingerprint density at radius 3 is 2.37 bits per heavy atom. The largest absolute Gasteiger partial charge is 0.453 e. The van der Waals surface area contributed by atoms with Gasteiger partial charge in [0.25, 0.3) is 0 Å². The molecule has 2 aromatic rings. The van der Waals surface area contributed by atoms with Crippen LogP contribution >= 0.6 is 0 Å².